The zero-order chi connectivity index (χ0) is 17.9. The minimum absolute atomic E-state index is 0.156. The van der Waals surface area contributed by atoms with Crippen LogP contribution in [0.5, 0.6) is 11.5 Å². The number of benzene rings is 2. The minimum atomic E-state index is -4.44. The van der Waals surface area contributed by atoms with Gasteiger partial charge in [-0.05, 0) is 35.4 Å². The molecular weight excluding hydrogens is 337 g/mol. The summed E-state index contributed by atoms with van der Waals surface area (Å²) in [4.78, 5) is 11.8. The number of alkyl halides is 3. The molecule has 2 aromatic rings. The Kier molecular flexibility index (Phi) is 4.60. The molecule has 1 aliphatic heterocycles. The van der Waals surface area contributed by atoms with Gasteiger partial charge >= 0.3 is 6.18 Å². The van der Waals surface area contributed by atoms with Crippen LogP contribution in [0, 0.1) is 0 Å². The van der Waals surface area contributed by atoms with Crippen molar-refractivity contribution >= 4 is 12.1 Å². The maximum absolute atomic E-state index is 12.6. The average Bonchev–Trinajstić information content (AvgIpc) is 3.02. The number of hydrogen-bond acceptors (Lipinski definition) is 4. The molecule has 0 spiro atoms. The van der Waals surface area contributed by atoms with E-state index in [0.717, 1.165) is 12.1 Å². The molecule has 0 unspecified atom stereocenters. The van der Waals surface area contributed by atoms with Crippen LogP contribution >= 0.6 is 0 Å². The van der Waals surface area contributed by atoms with Crippen LogP contribution in [0.3, 0.4) is 0 Å². The largest absolute Gasteiger partial charge is 0.454 e. The van der Waals surface area contributed by atoms with Crippen LogP contribution in [0.25, 0.3) is 0 Å². The Balaban J connectivity index is 1.58. The molecule has 1 amide bonds. The summed E-state index contributed by atoms with van der Waals surface area (Å²) in [6.45, 7) is 0.156. The van der Waals surface area contributed by atoms with E-state index in [2.05, 4.69) is 10.5 Å². The molecule has 2 aromatic carbocycles. The first-order chi connectivity index (χ1) is 11.9. The summed E-state index contributed by atoms with van der Waals surface area (Å²) in [6.07, 6.45) is -3.24. The van der Waals surface area contributed by atoms with Crippen molar-refractivity contribution in [2.75, 3.05) is 6.79 Å². The van der Waals surface area contributed by atoms with Gasteiger partial charge in [-0.25, -0.2) is 5.43 Å². The highest BCUT2D eigenvalue weighted by Gasteiger charge is 2.30. The zero-order valence-corrected chi connectivity index (χ0v) is 12.8. The maximum Gasteiger partial charge on any atom is 0.416 e. The molecule has 130 valence electrons. The fraction of sp³-hybridized carbons (Fsp3) is 0.176. The van der Waals surface area contributed by atoms with Crippen molar-refractivity contribution in [1.29, 1.82) is 0 Å². The quantitative estimate of drug-likeness (QED) is 0.681. The number of amides is 1. The summed E-state index contributed by atoms with van der Waals surface area (Å²) in [7, 11) is 0. The summed E-state index contributed by atoms with van der Waals surface area (Å²) in [5, 5.41) is 3.79. The zero-order valence-electron chi connectivity index (χ0n) is 12.8. The molecule has 0 radical (unpaired) electrons. The molecule has 0 saturated carbocycles. The normalized spacial score (nSPS) is 13.2. The van der Waals surface area contributed by atoms with Crippen molar-refractivity contribution in [3.8, 4) is 11.5 Å². The number of carbonyl (C=O) groups is 1. The van der Waals surface area contributed by atoms with Gasteiger partial charge in [0.05, 0.1) is 18.2 Å². The van der Waals surface area contributed by atoms with Crippen LogP contribution in [0.2, 0.25) is 0 Å². The Bertz CT molecular complexity index is 819. The van der Waals surface area contributed by atoms with E-state index in [-0.39, 0.29) is 18.8 Å². The van der Waals surface area contributed by atoms with E-state index in [0.29, 0.717) is 17.1 Å². The van der Waals surface area contributed by atoms with Gasteiger partial charge in [-0.3, -0.25) is 4.79 Å². The molecule has 3 rings (SSSR count). The van der Waals surface area contributed by atoms with Crippen molar-refractivity contribution in [2.24, 2.45) is 5.10 Å². The van der Waals surface area contributed by atoms with Crippen molar-refractivity contribution in [1.82, 2.24) is 5.43 Å². The van der Waals surface area contributed by atoms with Crippen LogP contribution in [0.1, 0.15) is 16.7 Å². The van der Waals surface area contributed by atoms with Gasteiger partial charge in [-0.15, -0.1) is 0 Å². The molecule has 0 fully saturated rings. The molecule has 0 bridgehead atoms. The van der Waals surface area contributed by atoms with Crippen molar-refractivity contribution in [3.63, 3.8) is 0 Å². The molecule has 0 aromatic heterocycles. The lowest BCUT2D eigenvalue weighted by atomic mass is 10.1. The third-order valence-corrected chi connectivity index (χ3v) is 3.42. The number of carbonyl (C=O) groups excluding carboxylic acids is 1. The number of rotatable bonds is 4. The van der Waals surface area contributed by atoms with E-state index in [1.807, 2.05) is 0 Å². The van der Waals surface area contributed by atoms with Gasteiger partial charge in [0, 0.05) is 0 Å². The maximum atomic E-state index is 12.6. The highest BCUT2D eigenvalue weighted by atomic mass is 19.4. The van der Waals surface area contributed by atoms with Crippen molar-refractivity contribution < 1.29 is 27.4 Å². The van der Waals surface area contributed by atoms with E-state index >= 15 is 0 Å². The number of nitrogens with zero attached hydrogens (tertiary/aromatic N) is 1. The Morgan fingerprint density at radius 2 is 1.96 bits per heavy atom. The van der Waals surface area contributed by atoms with Crippen molar-refractivity contribution in [3.05, 3.63) is 59.2 Å². The molecule has 1 heterocycles. The highest BCUT2D eigenvalue weighted by Crippen LogP contribution is 2.32. The summed E-state index contributed by atoms with van der Waals surface area (Å²) in [6, 6.07) is 9.77. The van der Waals surface area contributed by atoms with E-state index in [1.54, 1.807) is 18.2 Å². The lowest BCUT2D eigenvalue weighted by molar-refractivity contribution is -0.137. The first kappa shape index (κ1) is 16.8. The number of ether oxygens (including phenoxy) is 2. The highest BCUT2D eigenvalue weighted by molar-refractivity contribution is 5.84. The summed E-state index contributed by atoms with van der Waals surface area (Å²) >= 11 is 0. The predicted octanol–water partition coefficient (Wildman–Crippen LogP) is 3.13. The Morgan fingerprint density at radius 1 is 1.16 bits per heavy atom. The average molecular weight is 350 g/mol. The van der Waals surface area contributed by atoms with Crippen LogP contribution in [0.4, 0.5) is 13.2 Å². The number of hydrazone groups is 1. The second-order valence-electron chi connectivity index (χ2n) is 5.28. The Hall–Kier alpha value is -3.03. The molecule has 8 heteroatoms. The van der Waals surface area contributed by atoms with Crippen molar-refractivity contribution in [2.45, 2.75) is 12.6 Å². The first-order valence-corrected chi connectivity index (χ1v) is 7.29. The van der Waals surface area contributed by atoms with Gasteiger partial charge in [0.25, 0.3) is 0 Å². The van der Waals surface area contributed by atoms with Crippen LogP contribution < -0.4 is 14.9 Å². The summed E-state index contributed by atoms with van der Waals surface area (Å²) < 4.78 is 48.3. The summed E-state index contributed by atoms with van der Waals surface area (Å²) in [5.74, 6) is 0.696. The minimum Gasteiger partial charge on any atom is -0.454 e. The standard InChI is InChI=1S/C17H13F3N2O3/c18-17(19,20)13-3-1-2-11(6-13)8-16(23)22-21-9-12-4-5-14-15(7-12)25-10-24-14/h1-7,9H,8,10H2,(H,22,23)/b21-9-. The number of fused-ring (bicyclic) bond motifs is 1. The number of hydrogen-bond donors (Lipinski definition) is 1. The second kappa shape index (κ2) is 6.84. The Labute approximate surface area is 141 Å². The number of nitrogens with one attached hydrogen (secondary N) is 1. The lowest BCUT2D eigenvalue weighted by Crippen LogP contribution is -2.20. The Morgan fingerprint density at radius 3 is 2.76 bits per heavy atom. The molecular formula is C17H13F3N2O3. The monoisotopic (exact) mass is 350 g/mol. The second-order valence-corrected chi connectivity index (χ2v) is 5.28. The first-order valence-electron chi connectivity index (χ1n) is 7.29. The third-order valence-electron chi connectivity index (χ3n) is 3.42. The fourth-order valence-corrected chi connectivity index (χ4v) is 2.25. The van der Waals surface area contributed by atoms with E-state index in [9.17, 15) is 18.0 Å². The van der Waals surface area contributed by atoms with Gasteiger partial charge in [-0.1, -0.05) is 18.2 Å². The van der Waals surface area contributed by atoms with Crippen LogP contribution in [-0.2, 0) is 17.4 Å². The van der Waals surface area contributed by atoms with Gasteiger partial charge in [-0.2, -0.15) is 18.3 Å². The van der Waals surface area contributed by atoms with E-state index in [4.69, 9.17) is 9.47 Å². The SMILES string of the molecule is O=C(Cc1cccc(C(F)(F)F)c1)N/N=C\c1ccc2c(c1)OCO2. The third kappa shape index (κ3) is 4.28. The van der Waals surface area contributed by atoms with Crippen LogP contribution in [-0.4, -0.2) is 18.9 Å². The van der Waals surface area contributed by atoms with Gasteiger partial charge in [0.15, 0.2) is 11.5 Å². The molecule has 1 aliphatic rings. The summed E-state index contributed by atoms with van der Waals surface area (Å²) in [5.41, 5.74) is 2.43. The molecule has 0 aliphatic carbocycles. The molecule has 0 saturated heterocycles. The van der Waals surface area contributed by atoms with Crippen LogP contribution in [0.15, 0.2) is 47.6 Å². The number of halogens is 3. The van der Waals surface area contributed by atoms with Gasteiger partial charge in [0.1, 0.15) is 0 Å². The topological polar surface area (TPSA) is 59.9 Å². The van der Waals surface area contributed by atoms with Gasteiger partial charge in [0.2, 0.25) is 12.7 Å². The lowest BCUT2D eigenvalue weighted by Gasteiger charge is -2.08. The fourth-order valence-electron chi connectivity index (χ4n) is 2.25. The predicted molar refractivity (Wildman–Crippen MR) is 83.4 cm³/mol. The van der Waals surface area contributed by atoms with E-state index < -0.39 is 17.6 Å². The van der Waals surface area contributed by atoms with E-state index in [1.165, 1.54) is 18.3 Å². The molecule has 1 N–H and O–H groups in total. The smallest absolute Gasteiger partial charge is 0.416 e. The van der Waals surface area contributed by atoms with Gasteiger partial charge < -0.3 is 9.47 Å². The molecule has 25 heavy (non-hydrogen) atoms. The molecule has 5 nitrogen and oxygen atoms in total. The molecule has 0 atom stereocenters.